The number of hydrogen-bond donors (Lipinski definition) is 1. The average molecular weight is 263 g/mol. The van der Waals surface area contributed by atoms with E-state index in [1.165, 1.54) is 11.3 Å². The first-order valence-electron chi connectivity index (χ1n) is 5.26. The molecule has 0 aliphatic carbocycles. The van der Waals surface area contributed by atoms with Crippen molar-refractivity contribution in [3.63, 3.8) is 0 Å². The van der Waals surface area contributed by atoms with Gasteiger partial charge in [-0.05, 0) is 13.8 Å². The van der Waals surface area contributed by atoms with Crippen LogP contribution in [0.15, 0.2) is 0 Å². The second-order valence-corrected chi connectivity index (χ2v) is 5.45. The Balaban J connectivity index is 2.16. The van der Waals surface area contributed by atoms with Gasteiger partial charge in [-0.15, -0.1) is 0 Å². The molecule has 0 saturated carbocycles. The van der Waals surface area contributed by atoms with E-state index in [1.54, 1.807) is 0 Å². The van der Waals surface area contributed by atoms with Crippen LogP contribution in [0.5, 0.6) is 0 Å². The second kappa shape index (κ2) is 4.87. The summed E-state index contributed by atoms with van der Waals surface area (Å²) in [5.41, 5.74) is 0. The monoisotopic (exact) mass is 262 g/mol. The molecule has 1 aliphatic heterocycles. The molecule has 1 aromatic rings. The number of aliphatic hydroxyl groups is 1. The topological polar surface area (TPSA) is 45.6 Å². The summed E-state index contributed by atoms with van der Waals surface area (Å²) in [7, 11) is 0. The summed E-state index contributed by atoms with van der Waals surface area (Å²) in [5, 5.41) is 10.4. The lowest BCUT2D eigenvalue weighted by Crippen LogP contribution is -2.45. The van der Waals surface area contributed by atoms with Crippen LogP contribution in [-0.2, 0) is 11.3 Å². The molecule has 0 aromatic carbocycles. The zero-order chi connectivity index (χ0) is 11.7. The first-order chi connectivity index (χ1) is 7.60. The van der Waals surface area contributed by atoms with Crippen LogP contribution in [0, 0.1) is 0 Å². The van der Waals surface area contributed by atoms with Crippen LogP contribution in [0.3, 0.4) is 0 Å². The average Bonchev–Trinajstić information content (AvgIpc) is 2.58. The number of thiazole rings is 1. The van der Waals surface area contributed by atoms with Crippen LogP contribution in [0.4, 0.5) is 5.13 Å². The number of nitrogens with zero attached hydrogens (tertiary/aromatic N) is 2. The smallest absolute Gasteiger partial charge is 0.187 e. The minimum atomic E-state index is -0.0497. The molecule has 1 N–H and O–H groups in total. The van der Waals surface area contributed by atoms with E-state index in [-0.39, 0.29) is 18.8 Å². The lowest BCUT2D eigenvalue weighted by molar-refractivity contribution is -0.00522. The highest BCUT2D eigenvalue weighted by Gasteiger charge is 2.25. The van der Waals surface area contributed by atoms with E-state index in [0.717, 1.165) is 23.1 Å². The van der Waals surface area contributed by atoms with E-state index in [0.29, 0.717) is 5.15 Å². The van der Waals surface area contributed by atoms with Crippen LogP contribution >= 0.6 is 22.9 Å². The summed E-state index contributed by atoms with van der Waals surface area (Å²) in [6, 6.07) is 0. The summed E-state index contributed by atoms with van der Waals surface area (Å²) in [6.07, 6.45) is 0.396. The molecule has 4 nitrogen and oxygen atoms in total. The highest BCUT2D eigenvalue weighted by Crippen LogP contribution is 2.31. The van der Waals surface area contributed by atoms with Crippen LogP contribution < -0.4 is 4.90 Å². The molecular weight excluding hydrogens is 248 g/mol. The maximum absolute atomic E-state index is 9.08. The SMILES string of the molecule is CC1CN(c2nc(Cl)c(CO)s2)CC(C)O1. The Morgan fingerprint density at radius 2 is 2.12 bits per heavy atom. The normalized spacial score (nSPS) is 26.1. The Bertz CT molecular complexity index is 362. The van der Waals surface area contributed by atoms with Gasteiger partial charge in [-0.2, -0.15) is 0 Å². The fourth-order valence-corrected chi connectivity index (χ4v) is 3.02. The van der Waals surface area contributed by atoms with Gasteiger partial charge in [-0.1, -0.05) is 22.9 Å². The summed E-state index contributed by atoms with van der Waals surface area (Å²) in [6.45, 7) is 5.68. The van der Waals surface area contributed by atoms with Crippen molar-refractivity contribution in [2.45, 2.75) is 32.7 Å². The lowest BCUT2D eigenvalue weighted by atomic mass is 10.2. The number of anilines is 1. The minimum Gasteiger partial charge on any atom is -0.391 e. The summed E-state index contributed by atoms with van der Waals surface area (Å²) >= 11 is 7.37. The Kier molecular flexibility index (Phi) is 3.69. The van der Waals surface area contributed by atoms with Crippen molar-refractivity contribution in [3.8, 4) is 0 Å². The number of ether oxygens (including phenoxy) is 1. The molecule has 6 heteroatoms. The number of hydrogen-bond acceptors (Lipinski definition) is 5. The van der Waals surface area contributed by atoms with Gasteiger partial charge in [0.2, 0.25) is 0 Å². The van der Waals surface area contributed by atoms with E-state index in [1.807, 2.05) is 13.8 Å². The van der Waals surface area contributed by atoms with Crippen molar-refractivity contribution in [3.05, 3.63) is 10.0 Å². The first-order valence-corrected chi connectivity index (χ1v) is 6.46. The van der Waals surface area contributed by atoms with Crippen molar-refractivity contribution in [2.24, 2.45) is 0 Å². The predicted octanol–water partition coefficient (Wildman–Crippen LogP) is 1.90. The van der Waals surface area contributed by atoms with Crippen molar-refractivity contribution >= 4 is 28.1 Å². The molecule has 1 saturated heterocycles. The molecule has 2 rings (SSSR count). The summed E-state index contributed by atoms with van der Waals surface area (Å²) in [4.78, 5) is 7.16. The van der Waals surface area contributed by atoms with Crippen molar-refractivity contribution < 1.29 is 9.84 Å². The molecular formula is C10H15ClN2O2S. The number of rotatable bonds is 2. The molecule has 0 amide bonds. The summed E-state index contributed by atoms with van der Waals surface area (Å²) < 4.78 is 5.65. The minimum absolute atomic E-state index is 0.0497. The Labute approximate surface area is 104 Å². The largest absolute Gasteiger partial charge is 0.391 e. The van der Waals surface area contributed by atoms with E-state index < -0.39 is 0 Å². The van der Waals surface area contributed by atoms with Gasteiger partial charge < -0.3 is 14.7 Å². The molecule has 1 fully saturated rings. The Hall–Kier alpha value is -0.360. The highest BCUT2D eigenvalue weighted by molar-refractivity contribution is 7.16. The fraction of sp³-hybridized carbons (Fsp3) is 0.700. The molecule has 1 aliphatic rings. The molecule has 0 bridgehead atoms. The molecule has 2 heterocycles. The van der Waals surface area contributed by atoms with Gasteiger partial charge >= 0.3 is 0 Å². The van der Waals surface area contributed by atoms with Crippen LogP contribution in [0.25, 0.3) is 0 Å². The van der Waals surface area contributed by atoms with Gasteiger partial charge in [-0.25, -0.2) is 4.98 Å². The quantitative estimate of drug-likeness (QED) is 0.884. The molecule has 2 unspecified atom stereocenters. The Morgan fingerprint density at radius 1 is 1.50 bits per heavy atom. The maximum Gasteiger partial charge on any atom is 0.187 e. The van der Waals surface area contributed by atoms with Gasteiger partial charge in [0.25, 0.3) is 0 Å². The van der Waals surface area contributed by atoms with Crippen molar-refractivity contribution in [1.82, 2.24) is 4.98 Å². The number of morpholine rings is 1. The number of aromatic nitrogens is 1. The highest BCUT2D eigenvalue weighted by atomic mass is 35.5. The van der Waals surface area contributed by atoms with Gasteiger partial charge in [-0.3, -0.25) is 0 Å². The molecule has 0 radical (unpaired) electrons. The van der Waals surface area contributed by atoms with Crippen LogP contribution in [0.2, 0.25) is 5.15 Å². The molecule has 90 valence electrons. The maximum atomic E-state index is 9.08. The predicted molar refractivity (Wildman–Crippen MR) is 65.3 cm³/mol. The third-order valence-electron chi connectivity index (χ3n) is 2.47. The van der Waals surface area contributed by atoms with Gasteiger partial charge in [0.15, 0.2) is 5.13 Å². The lowest BCUT2D eigenvalue weighted by Gasteiger charge is -2.35. The van der Waals surface area contributed by atoms with E-state index >= 15 is 0 Å². The van der Waals surface area contributed by atoms with Gasteiger partial charge in [0.05, 0.1) is 23.7 Å². The molecule has 0 spiro atoms. The van der Waals surface area contributed by atoms with Crippen LogP contribution in [-0.4, -0.2) is 35.4 Å². The zero-order valence-corrected chi connectivity index (χ0v) is 10.9. The van der Waals surface area contributed by atoms with Crippen molar-refractivity contribution in [1.29, 1.82) is 0 Å². The Morgan fingerprint density at radius 3 is 2.62 bits per heavy atom. The van der Waals surface area contributed by atoms with E-state index in [9.17, 15) is 0 Å². The second-order valence-electron chi connectivity index (χ2n) is 4.03. The van der Waals surface area contributed by atoms with Crippen LogP contribution in [0.1, 0.15) is 18.7 Å². The van der Waals surface area contributed by atoms with E-state index in [4.69, 9.17) is 21.4 Å². The molecule has 1 aromatic heterocycles. The van der Waals surface area contributed by atoms with Crippen molar-refractivity contribution in [2.75, 3.05) is 18.0 Å². The zero-order valence-electron chi connectivity index (χ0n) is 9.31. The standard InChI is InChI=1S/C10H15ClN2O2S/c1-6-3-13(4-7(2)15-6)10-12-9(11)8(5-14)16-10/h6-7,14H,3-5H2,1-2H3. The third-order valence-corrected chi connectivity index (χ3v) is 4.00. The first kappa shape index (κ1) is 12.1. The summed E-state index contributed by atoms with van der Waals surface area (Å²) in [5.74, 6) is 0. The number of aliphatic hydroxyl groups excluding tert-OH is 1. The van der Waals surface area contributed by atoms with Gasteiger partial charge in [0.1, 0.15) is 5.15 Å². The van der Waals surface area contributed by atoms with Gasteiger partial charge in [0, 0.05) is 13.1 Å². The third kappa shape index (κ3) is 2.48. The van der Waals surface area contributed by atoms with E-state index in [2.05, 4.69) is 9.88 Å². The number of halogens is 1. The molecule has 2 atom stereocenters. The molecule has 16 heavy (non-hydrogen) atoms. The fourth-order valence-electron chi connectivity index (χ4n) is 1.89.